The van der Waals surface area contributed by atoms with Crippen LogP contribution in [0, 0.1) is 12.7 Å². The van der Waals surface area contributed by atoms with Crippen molar-refractivity contribution in [2.24, 2.45) is 0 Å². The number of carbonyl (C=O) groups is 1. The van der Waals surface area contributed by atoms with Crippen LogP contribution in [0.15, 0.2) is 42.5 Å². The minimum atomic E-state index is -0.287. The van der Waals surface area contributed by atoms with Gasteiger partial charge in [0.2, 0.25) is 0 Å². The Bertz CT molecular complexity index is 919. The fourth-order valence-electron chi connectivity index (χ4n) is 3.01. The van der Waals surface area contributed by atoms with Crippen molar-refractivity contribution in [1.82, 2.24) is 15.1 Å². The summed E-state index contributed by atoms with van der Waals surface area (Å²) in [5, 5.41) is 7.13. The second kappa shape index (κ2) is 7.01. The van der Waals surface area contributed by atoms with E-state index in [0.717, 1.165) is 16.1 Å². The molecule has 3 aromatic rings. The third kappa shape index (κ3) is 3.40. The van der Waals surface area contributed by atoms with Crippen LogP contribution in [0.2, 0.25) is 0 Å². The van der Waals surface area contributed by atoms with E-state index in [2.05, 4.69) is 10.2 Å². The Kier molecular flexibility index (Phi) is 4.57. The van der Waals surface area contributed by atoms with E-state index < -0.39 is 0 Å². The number of hydrogen-bond acceptors (Lipinski definition) is 4. The van der Waals surface area contributed by atoms with Crippen molar-refractivity contribution in [3.8, 4) is 10.6 Å². The molecule has 0 aliphatic carbocycles. The SMILES string of the molecule is Cc1ccc(-c2cc(C(=O)N3CCOC(c4ccc(F)cc4)C3)n[nH]2)s1. The Labute approximate surface area is 154 Å². The fraction of sp³-hybridized carbons (Fsp3) is 0.263. The molecule has 5 nitrogen and oxygen atoms in total. The first kappa shape index (κ1) is 16.9. The van der Waals surface area contributed by atoms with Crippen LogP contribution >= 0.6 is 11.3 Å². The number of morpholine rings is 1. The van der Waals surface area contributed by atoms with Gasteiger partial charge in [-0.25, -0.2) is 4.39 Å². The number of nitrogens with one attached hydrogen (secondary N) is 1. The molecule has 1 N–H and O–H groups in total. The van der Waals surface area contributed by atoms with Gasteiger partial charge in [-0.15, -0.1) is 11.3 Å². The zero-order chi connectivity index (χ0) is 18.1. The highest BCUT2D eigenvalue weighted by molar-refractivity contribution is 7.15. The number of nitrogens with zero attached hydrogens (tertiary/aromatic N) is 2. The molecule has 0 saturated carbocycles. The quantitative estimate of drug-likeness (QED) is 0.762. The van der Waals surface area contributed by atoms with Gasteiger partial charge in [-0.1, -0.05) is 12.1 Å². The van der Waals surface area contributed by atoms with Crippen molar-refractivity contribution in [2.75, 3.05) is 19.7 Å². The van der Waals surface area contributed by atoms with Gasteiger partial charge in [-0.05, 0) is 42.8 Å². The first-order valence-electron chi connectivity index (χ1n) is 8.39. The van der Waals surface area contributed by atoms with Crippen molar-refractivity contribution in [3.05, 3.63) is 64.4 Å². The molecule has 1 aliphatic rings. The lowest BCUT2D eigenvalue weighted by Crippen LogP contribution is -2.42. The minimum Gasteiger partial charge on any atom is -0.370 e. The summed E-state index contributed by atoms with van der Waals surface area (Å²) in [6.45, 7) is 3.41. The van der Waals surface area contributed by atoms with Crippen molar-refractivity contribution in [2.45, 2.75) is 13.0 Å². The van der Waals surface area contributed by atoms with Gasteiger partial charge in [-0.3, -0.25) is 9.89 Å². The Hall–Kier alpha value is -2.51. The molecule has 0 radical (unpaired) electrons. The number of halogens is 1. The van der Waals surface area contributed by atoms with Crippen molar-refractivity contribution < 1.29 is 13.9 Å². The number of aromatic nitrogens is 2. The molecule has 0 bridgehead atoms. The van der Waals surface area contributed by atoms with E-state index in [9.17, 15) is 9.18 Å². The van der Waals surface area contributed by atoms with E-state index in [-0.39, 0.29) is 17.8 Å². The van der Waals surface area contributed by atoms with Gasteiger partial charge in [0.15, 0.2) is 5.69 Å². The summed E-state index contributed by atoms with van der Waals surface area (Å²) in [6.07, 6.45) is -0.258. The van der Waals surface area contributed by atoms with Crippen LogP contribution in [0.3, 0.4) is 0 Å². The molecule has 1 aliphatic heterocycles. The number of carbonyl (C=O) groups excluding carboxylic acids is 1. The number of aromatic amines is 1. The molecular weight excluding hydrogens is 353 g/mol. The number of amides is 1. The Morgan fingerprint density at radius 2 is 2.12 bits per heavy atom. The number of H-pyrrole nitrogens is 1. The summed E-state index contributed by atoms with van der Waals surface area (Å²) < 4.78 is 18.9. The Morgan fingerprint density at radius 3 is 2.85 bits per heavy atom. The molecule has 0 spiro atoms. The van der Waals surface area contributed by atoms with E-state index in [1.54, 1.807) is 34.4 Å². The van der Waals surface area contributed by atoms with Crippen LogP contribution in [0.25, 0.3) is 10.6 Å². The predicted octanol–water partition coefficient (Wildman–Crippen LogP) is 3.80. The van der Waals surface area contributed by atoms with Crippen LogP contribution in [-0.4, -0.2) is 40.7 Å². The van der Waals surface area contributed by atoms with Crippen LogP contribution in [0.1, 0.15) is 27.0 Å². The van der Waals surface area contributed by atoms with Gasteiger partial charge in [0, 0.05) is 11.4 Å². The first-order chi connectivity index (χ1) is 12.6. The molecule has 7 heteroatoms. The number of aryl methyl sites for hydroxylation is 1. The van der Waals surface area contributed by atoms with Crippen LogP contribution < -0.4 is 0 Å². The molecule has 1 fully saturated rings. The lowest BCUT2D eigenvalue weighted by Gasteiger charge is -2.32. The monoisotopic (exact) mass is 371 g/mol. The highest BCUT2D eigenvalue weighted by Crippen LogP contribution is 2.27. The largest absolute Gasteiger partial charge is 0.370 e. The molecule has 1 saturated heterocycles. The molecule has 134 valence electrons. The second-order valence-electron chi connectivity index (χ2n) is 6.24. The van der Waals surface area contributed by atoms with Crippen molar-refractivity contribution in [1.29, 1.82) is 0 Å². The van der Waals surface area contributed by atoms with Gasteiger partial charge in [0.05, 0.1) is 23.7 Å². The number of benzene rings is 1. The number of rotatable bonds is 3. The van der Waals surface area contributed by atoms with Crippen molar-refractivity contribution in [3.63, 3.8) is 0 Å². The van der Waals surface area contributed by atoms with E-state index in [4.69, 9.17) is 4.74 Å². The van der Waals surface area contributed by atoms with Gasteiger partial charge < -0.3 is 9.64 Å². The summed E-state index contributed by atoms with van der Waals surface area (Å²) in [7, 11) is 0. The molecule has 3 heterocycles. The normalized spacial score (nSPS) is 17.5. The zero-order valence-corrected chi connectivity index (χ0v) is 15.1. The Morgan fingerprint density at radius 1 is 1.31 bits per heavy atom. The maximum atomic E-state index is 13.1. The summed E-state index contributed by atoms with van der Waals surface area (Å²) in [4.78, 5) is 16.8. The fourth-order valence-corrected chi connectivity index (χ4v) is 3.85. The van der Waals surface area contributed by atoms with Gasteiger partial charge in [-0.2, -0.15) is 5.10 Å². The molecule has 1 amide bonds. The lowest BCUT2D eigenvalue weighted by atomic mass is 10.1. The molecule has 2 aromatic heterocycles. The average Bonchev–Trinajstić information content (AvgIpc) is 3.31. The molecule has 4 rings (SSSR count). The van der Waals surface area contributed by atoms with Crippen molar-refractivity contribution >= 4 is 17.2 Å². The van der Waals surface area contributed by atoms with Crippen LogP contribution in [-0.2, 0) is 4.74 Å². The third-order valence-electron chi connectivity index (χ3n) is 4.40. The second-order valence-corrected chi connectivity index (χ2v) is 7.53. The highest BCUT2D eigenvalue weighted by atomic mass is 32.1. The molecule has 1 unspecified atom stereocenters. The first-order valence-corrected chi connectivity index (χ1v) is 9.20. The predicted molar refractivity (Wildman–Crippen MR) is 97.6 cm³/mol. The average molecular weight is 371 g/mol. The van der Waals surface area contributed by atoms with Gasteiger partial charge in [0.1, 0.15) is 11.9 Å². The van der Waals surface area contributed by atoms with E-state index in [0.29, 0.717) is 25.4 Å². The van der Waals surface area contributed by atoms with E-state index in [1.807, 2.05) is 19.1 Å². The Balaban J connectivity index is 1.49. The maximum Gasteiger partial charge on any atom is 0.274 e. The number of ether oxygens (including phenoxy) is 1. The minimum absolute atomic E-state index is 0.129. The van der Waals surface area contributed by atoms with E-state index >= 15 is 0 Å². The summed E-state index contributed by atoms with van der Waals surface area (Å²) in [6, 6.07) is 12.0. The third-order valence-corrected chi connectivity index (χ3v) is 5.43. The molecule has 1 atom stereocenters. The van der Waals surface area contributed by atoms with Gasteiger partial charge in [0.25, 0.3) is 5.91 Å². The lowest BCUT2D eigenvalue weighted by molar-refractivity contribution is -0.0230. The standard InChI is InChI=1S/C19H18FN3O2S/c1-12-2-7-18(26-12)15-10-16(22-21-15)19(24)23-8-9-25-17(11-23)13-3-5-14(20)6-4-13/h2-7,10,17H,8-9,11H2,1H3,(H,21,22). The molecule has 26 heavy (non-hydrogen) atoms. The molecule has 1 aromatic carbocycles. The van der Waals surface area contributed by atoms with E-state index in [1.165, 1.54) is 17.0 Å². The summed E-state index contributed by atoms with van der Waals surface area (Å²) in [5.41, 5.74) is 2.10. The highest BCUT2D eigenvalue weighted by Gasteiger charge is 2.27. The van der Waals surface area contributed by atoms with Crippen LogP contribution in [0.4, 0.5) is 4.39 Å². The zero-order valence-electron chi connectivity index (χ0n) is 14.2. The number of thiophene rings is 1. The van der Waals surface area contributed by atoms with Crippen LogP contribution in [0.5, 0.6) is 0 Å². The topological polar surface area (TPSA) is 58.2 Å². The van der Waals surface area contributed by atoms with Gasteiger partial charge >= 0.3 is 0 Å². The summed E-state index contributed by atoms with van der Waals surface area (Å²) >= 11 is 1.65. The smallest absolute Gasteiger partial charge is 0.274 e. The summed E-state index contributed by atoms with van der Waals surface area (Å²) in [5.74, 6) is -0.415. The maximum absolute atomic E-state index is 13.1. The molecular formula is C19H18FN3O2S. The number of hydrogen-bond donors (Lipinski definition) is 1.